The lowest BCUT2D eigenvalue weighted by atomic mass is 10.1. The molecular formula is C11H16N2O3. The first-order valence-electron chi connectivity index (χ1n) is 5.03. The number of carbonyl (C=O) groups excluding carboxylic acids is 1. The Kier molecular flexibility index (Phi) is 3.71. The van der Waals surface area contributed by atoms with E-state index in [1.807, 2.05) is 0 Å². The molecule has 5 heteroatoms. The Morgan fingerprint density at radius 3 is 2.62 bits per heavy atom. The summed E-state index contributed by atoms with van der Waals surface area (Å²) in [6, 6.07) is 3.49. The minimum Gasteiger partial charge on any atom is -0.481 e. The van der Waals surface area contributed by atoms with Crippen LogP contribution in [0.1, 0.15) is 17.4 Å². The first-order valence-corrected chi connectivity index (χ1v) is 5.03. The second-order valence-electron chi connectivity index (χ2n) is 3.93. The summed E-state index contributed by atoms with van der Waals surface area (Å²) in [5.74, 6) is -1.62. The zero-order valence-corrected chi connectivity index (χ0v) is 9.67. The highest BCUT2D eigenvalue weighted by Crippen LogP contribution is 2.06. The largest absolute Gasteiger partial charge is 0.481 e. The lowest BCUT2D eigenvalue weighted by Gasteiger charge is -2.19. The van der Waals surface area contributed by atoms with Crippen LogP contribution in [0.5, 0.6) is 0 Å². The molecule has 1 rings (SSSR count). The zero-order valence-electron chi connectivity index (χ0n) is 9.67. The second-order valence-corrected chi connectivity index (χ2v) is 3.93. The Morgan fingerprint density at radius 1 is 1.56 bits per heavy atom. The van der Waals surface area contributed by atoms with Crippen LogP contribution in [0.3, 0.4) is 0 Å². The molecule has 1 heterocycles. The fraction of sp³-hybridized carbons (Fsp3) is 0.455. The molecule has 0 saturated carbocycles. The van der Waals surface area contributed by atoms with E-state index in [-0.39, 0.29) is 12.5 Å². The van der Waals surface area contributed by atoms with Crippen molar-refractivity contribution in [2.75, 3.05) is 13.6 Å². The van der Waals surface area contributed by atoms with Gasteiger partial charge in [0.15, 0.2) is 0 Å². The molecule has 1 atom stereocenters. The van der Waals surface area contributed by atoms with E-state index in [0.29, 0.717) is 5.69 Å². The lowest BCUT2D eigenvalue weighted by Crippen LogP contribution is -2.34. The molecular weight excluding hydrogens is 208 g/mol. The van der Waals surface area contributed by atoms with Gasteiger partial charge in [0, 0.05) is 26.8 Å². The number of hydrogen-bond acceptors (Lipinski definition) is 2. The molecule has 0 spiro atoms. The Hall–Kier alpha value is -1.78. The maximum Gasteiger partial charge on any atom is 0.308 e. The first-order chi connectivity index (χ1) is 7.43. The summed E-state index contributed by atoms with van der Waals surface area (Å²) in [5, 5.41) is 8.75. The molecule has 0 bridgehead atoms. The number of rotatable bonds is 4. The number of aliphatic carboxylic acids is 1. The molecule has 0 saturated heterocycles. The summed E-state index contributed by atoms with van der Waals surface area (Å²) < 4.78 is 1.71. The molecule has 88 valence electrons. The Morgan fingerprint density at radius 2 is 2.19 bits per heavy atom. The van der Waals surface area contributed by atoms with E-state index in [2.05, 4.69) is 0 Å². The van der Waals surface area contributed by atoms with E-state index in [1.54, 1.807) is 43.9 Å². The third kappa shape index (κ3) is 2.62. The molecule has 0 aliphatic carbocycles. The third-order valence-corrected chi connectivity index (χ3v) is 2.48. The standard InChI is InChI=1S/C11H16N2O3/c1-8(11(15)16)7-13(3)10(14)9-5-4-6-12(9)2/h4-6,8H,7H2,1-3H3,(H,15,16). The van der Waals surface area contributed by atoms with E-state index in [1.165, 1.54) is 4.90 Å². The van der Waals surface area contributed by atoms with Crippen LogP contribution in [-0.2, 0) is 11.8 Å². The molecule has 0 aliphatic heterocycles. The minimum atomic E-state index is -0.897. The van der Waals surface area contributed by atoms with Crippen molar-refractivity contribution in [3.63, 3.8) is 0 Å². The normalized spacial score (nSPS) is 12.2. The van der Waals surface area contributed by atoms with Gasteiger partial charge < -0.3 is 14.6 Å². The summed E-state index contributed by atoms with van der Waals surface area (Å²) >= 11 is 0. The van der Waals surface area contributed by atoms with E-state index < -0.39 is 11.9 Å². The van der Waals surface area contributed by atoms with Crippen LogP contribution in [-0.4, -0.2) is 40.0 Å². The van der Waals surface area contributed by atoms with Crippen molar-refractivity contribution >= 4 is 11.9 Å². The predicted octanol–water partition coefficient (Wildman–Crippen LogP) is 0.818. The predicted molar refractivity (Wildman–Crippen MR) is 59.2 cm³/mol. The van der Waals surface area contributed by atoms with Crippen molar-refractivity contribution < 1.29 is 14.7 Å². The number of hydrogen-bond donors (Lipinski definition) is 1. The molecule has 0 fully saturated rings. The smallest absolute Gasteiger partial charge is 0.308 e. The van der Waals surface area contributed by atoms with Crippen LogP contribution in [0.4, 0.5) is 0 Å². The van der Waals surface area contributed by atoms with E-state index in [0.717, 1.165) is 0 Å². The van der Waals surface area contributed by atoms with E-state index in [4.69, 9.17) is 5.11 Å². The van der Waals surface area contributed by atoms with E-state index in [9.17, 15) is 9.59 Å². The van der Waals surface area contributed by atoms with Crippen LogP contribution in [0.15, 0.2) is 18.3 Å². The van der Waals surface area contributed by atoms with Crippen molar-refractivity contribution in [1.82, 2.24) is 9.47 Å². The van der Waals surface area contributed by atoms with E-state index >= 15 is 0 Å². The van der Waals surface area contributed by atoms with Crippen molar-refractivity contribution in [2.45, 2.75) is 6.92 Å². The number of carboxylic acid groups (broad SMARTS) is 1. The number of aromatic nitrogens is 1. The average Bonchev–Trinajstić information content (AvgIpc) is 2.62. The van der Waals surface area contributed by atoms with Crippen LogP contribution in [0, 0.1) is 5.92 Å². The Balaban J connectivity index is 2.69. The lowest BCUT2D eigenvalue weighted by molar-refractivity contribution is -0.141. The number of aryl methyl sites for hydroxylation is 1. The molecule has 1 aromatic rings. The number of nitrogens with zero attached hydrogens (tertiary/aromatic N) is 2. The Bertz CT molecular complexity index is 398. The maximum atomic E-state index is 11.9. The second kappa shape index (κ2) is 4.83. The van der Waals surface area contributed by atoms with Gasteiger partial charge in [-0.15, -0.1) is 0 Å². The molecule has 0 aromatic carbocycles. The SMILES string of the molecule is CC(CN(C)C(=O)c1cccn1C)C(=O)O. The first kappa shape index (κ1) is 12.3. The van der Waals surface area contributed by atoms with Gasteiger partial charge in [-0.25, -0.2) is 0 Å². The molecule has 1 aromatic heterocycles. The monoisotopic (exact) mass is 224 g/mol. The van der Waals surface area contributed by atoms with Crippen molar-refractivity contribution in [2.24, 2.45) is 13.0 Å². The van der Waals surface area contributed by atoms with Crippen molar-refractivity contribution in [3.8, 4) is 0 Å². The van der Waals surface area contributed by atoms with Gasteiger partial charge in [0.2, 0.25) is 0 Å². The highest BCUT2D eigenvalue weighted by atomic mass is 16.4. The van der Waals surface area contributed by atoms with Gasteiger partial charge in [-0.3, -0.25) is 9.59 Å². The van der Waals surface area contributed by atoms with Crippen LogP contribution >= 0.6 is 0 Å². The molecule has 16 heavy (non-hydrogen) atoms. The highest BCUT2D eigenvalue weighted by Gasteiger charge is 2.19. The van der Waals surface area contributed by atoms with Crippen LogP contribution in [0.2, 0.25) is 0 Å². The van der Waals surface area contributed by atoms with Gasteiger partial charge in [-0.2, -0.15) is 0 Å². The molecule has 1 N–H and O–H groups in total. The summed E-state index contributed by atoms with van der Waals surface area (Å²) in [7, 11) is 3.39. The summed E-state index contributed by atoms with van der Waals surface area (Å²) in [6.07, 6.45) is 1.78. The van der Waals surface area contributed by atoms with Gasteiger partial charge in [-0.1, -0.05) is 6.92 Å². The minimum absolute atomic E-state index is 0.166. The molecule has 1 amide bonds. The summed E-state index contributed by atoms with van der Waals surface area (Å²) in [5.41, 5.74) is 0.556. The number of carboxylic acids is 1. The van der Waals surface area contributed by atoms with Crippen LogP contribution < -0.4 is 0 Å². The number of amides is 1. The summed E-state index contributed by atoms with van der Waals surface area (Å²) in [6.45, 7) is 1.79. The van der Waals surface area contributed by atoms with Gasteiger partial charge in [0.25, 0.3) is 5.91 Å². The number of carbonyl (C=O) groups is 2. The molecule has 5 nitrogen and oxygen atoms in total. The van der Waals surface area contributed by atoms with Gasteiger partial charge >= 0.3 is 5.97 Å². The fourth-order valence-corrected chi connectivity index (χ4v) is 1.45. The molecule has 0 radical (unpaired) electrons. The average molecular weight is 224 g/mol. The quantitative estimate of drug-likeness (QED) is 0.823. The van der Waals surface area contributed by atoms with Crippen LogP contribution in [0.25, 0.3) is 0 Å². The maximum absolute atomic E-state index is 11.9. The Labute approximate surface area is 94.3 Å². The topological polar surface area (TPSA) is 62.5 Å². The zero-order chi connectivity index (χ0) is 12.3. The van der Waals surface area contributed by atoms with Gasteiger partial charge in [0.1, 0.15) is 5.69 Å². The van der Waals surface area contributed by atoms with Gasteiger partial charge in [-0.05, 0) is 12.1 Å². The third-order valence-electron chi connectivity index (χ3n) is 2.48. The van der Waals surface area contributed by atoms with Gasteiger partial charge in [0.05, 0.1) is 5.92 Å². The fourth-order valence-electron chi connectivity index (χ4n) is 1.45. The molecule has 1 unspecified atom stereocenters. The highest BCUT2D eigenvalue weighted by molar-refractivity contribution is 5.92. The van der Waals surface area contributed by atoms with Crippen molar-refractivity contribution in [3.05, 3.63) is 24.0 Å². The van der Waals surface area contributed by atoms with Crippen molar-refractivity contribution in [1.29, 1.82) is 0 Å². The summed E-state index contributed by atoms with van der Waals surface area (Å²) in [4.78, 5) is 24.0. The molecule has 0 aliphatic rings.